The summed E-state index contributed by atoms with van der Waals surface area (Å²) >= 11 is 11.8. The van der Waals surface area contributed by atoms with E-state index in [1.807, 2.05) is 0 Å². The third-order valence-corrected chi connectivity index (χ3v) is 4.38. The maximum atomic E-state index is 13.2. The molecule has 1 aliphatic rings. The van der Waals surface area contributed by atoms with Crippen molar-refractivity contribution in [2.75, 3.05) is 11.9 Å². The Hall–Kier alpha value is -1.78. The number of anilines is 1. The molecule has 3 rings (SSSR count). The van der Waals surface area contributed by atoms with Crippen LogP contribution in [0, 0.1) is 5.82 Å². The smallest absolute Gasteiger partial charge is 0.320 e. The molecule has 2 amide bonds. The highest BCUT2D eigenvalue weighted by Gasteiger charge is 2.21. The van der Waals surface area contributed by atoms with Gasteiger partial charge in [-0.3, -0.25) is 0 Å². The minimum atomic E-state index is -0.243. The van der Waals surface area contributed by atoms with Crippen LogP contribution in [0.5, 0.6) is 0 Å². The minimum Gasteiger partial charge on any atom is -0.320 e. The Labute approximate surface area is 137 Å². The number of carbonyl (C=O) groups is 1. The quantitative estimate of drug-likeness (QED) is 0.801. The zero-order chi connectivity index (χ0) is 15.7. The van der Waals surface area contributed by atoms with Gasteiger partial charge in [0.25, 0.3) is 0 Å². The molecule has 2 aromatic rings. The molecule has 6 heteroatoms. The lowest BCUT2D eigenvalue weighted by Crippen LogP contribution is -2.38. The predicted molar refractivity (Wildman–Crippen MR) is 86.0 cm³/mol. The Morgan fingerprint density at radius 2 is 1.91 bits per heavy atom. The highest BCUT2D eigenvalue weighted by Crippen LogP contribution is 2.26. The molecule has 1 aliphatic heterocycles. The van der Waals surface area contributed by atoms with Gasteiger partial charge in [-0.05, 0) is 47.9 Å². The van der Waals surface area contributed by atoms with Crippen LogP contribution in [-0.2, 0) is 13.0 Å². The van der Waals surface area contributed by atoms with E-state index in [4.69, 9.17) is 23.2 Å². The first-order valence-corrected chi connectivity index (χ1v) is 7.57. The van der Waals surface area contributed by atoms with E-state index in [2.05, 4.69) is 5.32 Å². The topological polar surface area (TPSA) is 32.3 Å². The van der Waals surface area contributed by atoms with Crippen molar-refractivity contribution in [2.45, 2.75) is 13.0 Å². The fourth-order valence-corrected chi connectivity index (χ4v) is 2.77. The minimum absolute atomic E-state index is 0.214. The van der Waals surface area contributed by atoms with Crippen molar-refractivity contribution in [3.63, 3.8) is 0 Å². The van der Waals surface area contributed by atoms with E-state index >= 15 is 0 Å². The van der Waals surface area contributed by atoms with E-state index in [9.17, 15) is 9.18 Å². The van der Waals surface area contributed by atoms with Gasteiger partial charge in [0.1, 0.15) is 5.82 Å². The van der Waals surface area contributed by atoms with Crippen molar-refractivity contribution < 1.29 is 9.18 Å². The van der Waals surface area contributed by atoms with Gasteiger partial charge in [0, 0.05) is 18.8 Å². The fraction of sp³-hybridized carbons (Fsp3) is 0.188. The number of nitrogens with one attached hydrogen (secondary N) is 1. The monoisotopic (exact) mass is 338 g/mol. The summed E-state index contributed by atoms with van der Waals surface area (Å²) in [7, 11) is 0. The van der Waals surface area contributed by atoms with Crippen LogP contribution in [0.1, 0.15) is 11.1 Å². The number of hydrogen-bond donors (Lipinski definition) is 1. The van der Waals surface area contributed by atoms with E-state index in [1.54, 1.807) is 29.2 Å². The molecule has 2 aromatic carbocycles. The van der Waals surface area contributed by atoms with Crippen molar-refractivity contribution in [3.8, 4) is 0 Å². The van der Waals surface area contributed by atoms with Gasteiger partial charge >= 0.3 is 6.03 Å². The van der Waals surface area contributed by atoms with Crippen molar-refractivity contribution in [2.24, 2.45) is 0 Å². The molecule has 0 fully saturated rings. The van der Waals surface area contributed by atoms with Crippen LogP contribution in [0.25, 0.3) is 0 Å². The average molecular weight is 339 g/mol. The summed E-state index contributed by atoms with van der Waals surface area (Å²) in [5.41, 5.74) is 2.51. The summed E-state index contributed by atoms with van der Waals surface area (Å²) in [5.74, 6) is -0.243. The molecule has 0 saturated heterocycles. The Bertz CT molecular complexity index is 736. The van der Waals surface area contributed by atoms with Crippen molar-refractivity contribution >= 4 is 34.9 Å². The van der Waals surface area contributed by atoms with Crippen molar-refractivity contribution in [1.82, 2.24) is 4.90 Å². The summed E-state index contributed by atoms with van der Waals surface area (Å²) in [6, 6.07) is 9.39. The van der Waals surface area contributed by atoms with Crippen LogP contribution >= 0.6 is 23.2 Å². The fourth-order valence-electron chi connectivity index (χ4n) is 2.47. The Kier molecular flexibility index (Phi) is 4.23. The average Bonchev–Trinajstić information content (AvgIpc) is 2.50. The van der Waals surface area contributed by atoms with Gasteiger partial charge in [-0.15, -0.1) is 0 Å². The van der Waals surface area contributed by atoms with Crippen molar-refractivity contribution in [3.05, 3.63) is 63.4 Å². The lowest BCUT2D eigenvalue weighted by Gasteiger charge is -2.29. The maximum absolute atomic E-state index is 13.2. The number of benzene rings is 2. The molecule has 22 heavy (non-hydrogen) atoms. The number of amides is 2. The summed E-state index contributed by atoms with van der Waals surface area (Å²) in [4.78, 5) is 14.0. The zero-order valence-electron chi connectivity index (χ0n) is 11.6. The molecule has 114 valence electrons. The van der Waals surface area contributed by atoms with Gasteiger partial charge in [0.15, 0.2) is 0 Å². The van der Waals surface area contributed by atoms with E-state index in [1.165, 1.54) is 12.1 Å². The number of carbonyl (C=O) groups excluding carboxylic acids is 1. The van der Waals surface area contributed by atoms with Crippen LogP contribution in [-0.4, -0.2) is 17.5 Å². The Morgan fingerprint density at radius 3 is 2.68 bits per heavy atom. The van der Waals surface area contributed by atoms with Gasteiger partial charge in [0.05, 0.1) is 10.0 Å². The molecule has 0 aromatic heterocycles. The first-order chi connectivity index (χ1) is 10.5. The lowest BCUT2D eigenvalue weighted by atomic mass is 10.00. The standard InChI is InChI=1S/C16H13Cl2FN2O/c17-14-4-3-13(8-15(14)18)20-16(22)21-6-5-10-7-12(19)2-1-11(10)9-21/h1-4,7-8H,5-6,9H2,(H,20,22). The molecule has 3 nitrogen and oxygen atoms in total. The zero-order valence-corrected chi connectivity index (χ0v) is 13.1. The molecular formula is C16H13Cl2FN2O. The summed E-state index contributed by atoms with van der Waals surface area (Å²) in [6.07, 6.45) is 0.641. The normalized spacial score (nSPS) is 13.7. The Morgan fingerprint density at radius 1 is 1.09 bits per heavy atom. The number of nitrogens with zero attached hydrogens (tertiary/aromatic N) is 1. The molecule has 1 N–H and O–H groups in total. The van der Waals surface area contributed by atoms with Gasteiger partial charge in [-0.25, -0.2) is 9.18 Å². The molecule has 0 saturated carbocycles. The number of fused-ring (bicyclic) bond motifs is 1. The summed E-state index contributed by atoms with van der Waals surface area (Å²) in [5, 5.41) is 3.62. The Balaban J connectivity index is 1.71. The molecule has 0 radical (unpaired) electrons. The van der Waals surface area contributed by atoms with Gasteiger partial charge in [-0.1, -0.05) is 29.3 Å². The van der Waals surface area contributed by atoms with E-state index < -0.39 is 0 Å². The highest BCUT2D eigenvalue weighted by atomic mass is 35.5. The van der Waals surface area contributed by atoms with Gasteiger partial charge in [0.2, 0.25) is 0 Å². The summed E-state index contributed by atoms with van der Waals surface area (Å²) in [6.45, 7) is 1.01. The van der Waals surface area contributed by atoms with Crippen LogP contribution in [0.15, 0.2) is 36.4 Å². The van der Waals surface area contributed by atoms with E-state index in [-0.39, 0.29) is 11.8 Å². The maximum Gasteiger partial charge on any atom is 0.322 e. The number of hydrogen-bond acceptors (Lipinski definition) is 1. The van der Waals surface area contributed by atoms with E-state index in [0.717, 1.165) is 11.1 Å². The third kappa shape index (κ3) is 3.18. The largest absolute Gasteiger partial charge is 0.322 e. The molecule has 0 spiro atoms. The second-order valence-electron chi connectivity index (χ2n) is 5.14. The molecule has 0 aliphatic carbocycles. The van der Waals surface area contributed by atoms with Crippen LogP contribution in [0.2, 0.25) is 10.0 Å². The first-order valence-electron chi connectivity index (χ1n) is 6.81. The van der Waals surface area contributed by atoms with Gasteiger partial charge < -0.3 is 10.2 Å². The molecular weight excluding hydrogens is 326 g/mol. The van der Waals surface area contributed by atoms with Crippen molar-refractivity contribution in [1.29, 1.82) is 0 Å². The summed E-state index contributed by atoms with van der Waals surface area (Å²) < 4.78 is 13.2. The van der Waals surface area contributed by atoms with Crippen LogP contribution in [0.4, 0.5) is 14.9 Å². The predicted octanol–water partition coefficient (Wildman–Crippen LogP) is 4.72. The molecule has 0 unspecified atom stereocenters. The number of urea groups is 1. The van der Waals surface area contributed by atoms with Crippen LogP contribution in [0.3, 0.4) is 0 Å². The van der Waals surface area contributed by atoms with E-state index in [0.29, 0.717) is 35.2 Å². The number of halogens is 3. The second kappa shape index (κ2) is 6.15. The second-order valence-corrected chi connectivity index (χ2v) is 5.96. The highest BCUT2D eigenvalue weighted by molar-refractivity contribution is 6.42. The number of rotatable bonds is 1. The van der Waals surface area contributed by atoms with Crippen LogP contribution < -0.4 is 5.32 Å². The molecule has 0 atom stereocenters. The first kappa shape index (κ1) is 15.1. The third-order valence-electron chi connectivity index (χ3n) is 3.64. The molecule has 1 heterocycles. The molecule has 0 bridgehead atoms. The SMILES string of the molecule is O=C(Nc1ccc(Cl)c(Cl)c1)N1CCc2cc(F)ccc2C1. The lowest BCUT2D eigenvalue weighted by molar-refractivity contribution is 0.206. The van der Waals surface area contributed by atoms with Gasteiger partial charge in [-0.2, -0.15) is 0 Å².